The summed E-state index contributed by atoms with van der Waals surface area (Å²) in [4.78, 5) is 37.5. The van der Waals surface area contributed by atoms with Crippen LogP contribution < -0.4 is 4.74 Å². The Labute approximate surface area is 273 Å². The minimum Gasteiger partial charge on any atom is -0.478 e. The number of allylic oxidation sites excluding steroid dienone is 1. The topological polar surface area (TPSA) is 99.1 Å². The molecule has 0 aliphatic heterocycles. The van der Waals surface area contributed by atoms with Crippen LogP contribution in [0.4, 0.5) is 0 Å². The first-order chi connectivity index (χ1) is 22.2. The summed E-state index contributed by atoms with van der Waals surface area (Å²) >= 11 is 0. The number of carbonyl (C=O) groups is 3. The molecule has 46 heavy (non-hydrogen) atoms. The molecule has 3 aromatic carbocycles. The highest BCUT2D eigenvalue weighted by Gasteiger charge is 2.19. The molecule has 0 aliphatic rings. The van der Waals surface area contributed by atoms with Gasteiger partial charge in [-0.25, -0.2) is 9.59 Å². The van der Waals surface area contributed by atoms with Crippen molar-refractivity contribution in [2.75, 3.05) is 13.2 Å². The zero-order chi connectivity index (χ0) is 33.3. The first-order valence-corrected chi connectivity index (χ1v) is 16.4. The monoisotopic (exact) mass is 628 g/mol. The summed E-state index contributed by atoms with van der Waals surface area (Å²) in [6, 6.07) is 19.2. The predicted octanol–water partition coefficient (Wildman–Crippen LogP) is 9.33. The van der Waals surface area contributed by atoms with Crippen LogP contribution in [0, 0.1) is 0 Å². The predicted molar refractivity (Wildman–Crippen MR) is 182 cm³/mol. The van der Waals surface area contributed by atoms with Gasteiger partial charge < -0.3 is 19.3 Å². The summed E-state index contributed by atoms with van der Waals surface area (Å²) in [5.74, 6) is -1.21. The number of benzene rings is 3. The number of carboxylic acids is 1. The molecule has 0 radical (unpaired) electrons. The number of carboxylic acid groups (broad SMARTS) is 1. The van der Waals surface area contributed by atoms with Gasteiger partial charge in [0.1, 0.15) is 11.9 Å². The number of Topliss-reactive ketones (excluding diaryl/α,β-unsaturated/α-hetero) is 1. The molecule has 0 heterocycles. The Hall–Kier alpha value is -4.07. The lowest BCUT2D eigenvalue weighted by molar-refractivity contribution is -0.146. The number of esters is 1. The largest absolute Gasteiger partial charge is 0.478 e. The van der Waals surface area contributed by atoms with E-state index in [0.29, 0.717) is 35.7 Å². The van der Waals surface area contributed by atoms with E-state index in [2.05, 4.69) is 13.5 Å². The lowest BCUT2D eigenvalue weighted by Gasteiger charge is -2.14. The van der Waals surface area contributed by atoms with E-state index in [1.54, 1.807) is 62.4 Å². The summed E-state index contributed by atoms with van der Waals surface area (Å²) in [6.07, 6.45) is 10.2. The quantitative estimate of drug-likeness (QED) is 0.0413. The number of ether oxygens (including phenoxy) is 3. The lowest BCUT2D eigenvalue weighted by atomic mass is 9.93. The van der Waals surface area contributed by atoms with Crippen LogP contribution in [0.2, 0.25) is 0 Å². The fourth-order valence-corrected chi connectivity index (χ4v) is 5.05. The zero-order valence-corrected chi connectivity index (χ0v) is 27.5. The SMILES string of the molecule is C=CCCCCCCO[C@@H](C)C(=O)Oc1ccc(-c2ccc(C(=O)O)c(-c3ccc(C(=O)[C@H](C)OCCCCCC)cc3)c2)cc1. The molecule has 0 spiro atoms. The maximum absolute atomic E-state index is 12.9. The number of carbonyl (C=O) groups excluding carboxylic acids is 2. The molecule has 7 heteroatoms. The van der Waals surface area contributed by atoms with Gasteiger partial charge in [0.2, 0.25) is 0 Å². The maximum atomic E-state index is 12.9. The second-order valence-electron chi connectivity index (χ2n) is 11.5. The zero-order valence-electron chi connectivity index (χ0n) is 27.5. The third-order valence-electron chi connectivity index (χ3n) is 7.87. The average Bonchev–Trinajstić information content (AvgIpc) is 3.07. The molecular formula is C39H48O7. The minimum absolute atomic E-state index is 0.106. The molecule has 2 atom stereocenters. The highest BCUT2D eigenvalue weighted by Crippen LogP contribution is 2.31. The van der Waals surface area contributed by atoms with Crippen LogP contribution >= 0.6 is 0 Å². The summed E-state index contributed by atoms with van der Waals surface area (Å²) in [5.41, 5.74) is 3.51. The van der Waals surface area contributed by atoms with Crippen molar-refractivity contribution in [3.63, 3.8) is 0 Å². The van der Waals surface area contributed by atoms with Gasteiger partial charge in [0, 0.05) is 18.8 Å². The van der Waals surface area contributed by atoms with Crippen molar-refractivity contribution in [1.29, 1.82) is 0 Å². The first-order valence-electron chi connectivity index (χ1n) is 16.4. The van der Waals surface area contributed by atoms with E-state index in [4.69, 9.17) is 14.2 Å². The molecule has 0 amide bonds. The van der Waals surface area contributed by atoms with Gasteiger partial charge in [-0.05, 0) is 86.1 Å². The van der Waals surface area contributed by atoms with Gasteiger partial charge in [-0.15, -0.1) is 6.58 Å². The molecule has 3 aromatic rings. The number of hydrogen-bond donors (Lipinski definition) is 1. The molecule has 7 nitrogen and oxygen atoms in total. The molecular weight excluding hydrogens is 580 g/mol. The lowest BCUT2D eigenvalue weighted by Crippen LogP contribution is -2.26. The Morgan fingerprint density at radius 2 is 1.33 bits per heavy atom. The number of ketones is 1. The highest BCUT2D eigenvalue weighted by molar-refractivity contribution is 6.01. The van der Waals surface area contributed by atoms with Crippen LogP contribution in [0.15, 0.2) is 79.4 Å². The smallest absolute Gasteiger partial charge is 0.340 e. The van der Waals surface area contributed by atoms with Gasteiger partial charge in [-0.3, -0.25) is 4.79 Å². The Kier molecular flexibility index (Phi) is 15.4. The van der Waals surface area contributed by atoms with Crippen molar-refractivity contribution in [3.8, 4) is 28.0 Å². The fourth-order valence-electron chi connectivity index (χ4n) is 5.05. The van der Waals surface area contributed by atoms with Gasteiger partial charge in [-0.1, -0.05) is 87.6 Å². The van der Waals surface area contributed by atoms with Crippen LogP contribution in [0.3, 0.4) is 0 Å². The molecule has 0 saturated heterocycles. The van der Waals surface area contributed by atoms with E-state index < -0.39 is 24.1 Å². The molecule has 3 rings (SSSR count). The number of unbranched alkanes of at least 4 members (excludes halogenated alkanes) is 7. The molecule has 0 aliphatic carbocycles. The summed E-state index contributed by atoms with van der Waals surface area (Å²) < 4.78 is 16.9. The van der Waals surface area contributed by atoms with E-state index in [1.165, 1.54) is 0 Å². The second kappa shape index (κ2) is 19.4. The van der Waals surface area contributed by atoms with Gasteiger partial charge in [0.05, 0.1) is 5.56 Å². The standard InChI is InChI=1S/C39H48O7/c1-5-7-9-11-12-14-26-45-29(4)39(43)46-34-22-19-30(20-23-34)33-21-24-35(38(41)42)36(27-33)31-15-17-32(18-16-31)37(40)28(3)44-25-13-10-8-6-2/h5,15-24,27-29H,1,6-14,25-26H2,2-4H3,(H,41,42)/t28-,29-/m0/s1. The Morgan fingerprint density at radius 1 is 0.739 bits per heavy atom. The molecule has 0 saturated carbocycles. The normalized spacial score (nSPS) is 12.3. The Bertz CT molecular complexity index is 1410. The van der Waals surface area contributed by atoms with Crippen LogP contribution in [0.25, 0.3) is 22.3 Å². The van der Waals surface area contributed by atoms with Gasteiger partial charge in [0.15, 0.2) is 11.9 Å². The third kappa shape index (κ3) is 11.4. The van der Waals surface area contributed by atoms with Crippen molar-refractivity contribution in [2.45, 2.75) is 90.8 Å². The number of rotatable bonds is 21. The van der Waals surface area contributed by atoms with E-state index >= 15 is 0 Å². The molecule has 0 unspecified atom stereocenters. The van der Waals surface area contributed by atoms with Gasteiger partial charge in [-0.2, -0.15) is 0 Å². The van der Waals surface area contributed by atoms with Crippen molar-refractivity contribution in [1.82, 2.24) is 0 Å². The fraction of sp³-hybridized carbons (Fsp3) is 0.410. The third-order valence-corrected chi connectivity index (χ3v) is 7.87. The van der Waals surface area contributed by atoms with Crippen LogP contribution in [-0.2, 0) is 14.3 Å². The molecule has 246 valence electrons. The van der Waals surface area contributed by atoms with Crippen molar-refractivity contribution < 1.29 is 33.7 Å². The van der Waals surface area contributed by atoms with E-state index in [0.717, 1.165) is 68.9 Å². The molecule has 0 aromatic heterocycles. The van der Waals surface area contributed by atoms with E-state index in [1.807, 2.05) is 24.3 Å². The van der Waals surface area contributed by atoms with E-state index in [9.17, 15) is 19.5 Å². The van der Waals surface area contributed by atoms with Gasteiger partial charge >= 0.3 is 11.9 Å². The number of aromatic carboxylic acids is 1. The minimum atomic E-state index is -1.04. The highest BCUT2D eigenvalue weighted by atomic mass is 16.6. The van der Waals surface area contributed by atoms with Crippen molar-refractivity contribution in [3.05, 3.63) is 90.5 Å². The Morgan fingerprint density at radius 3 is 1.96 bits per heavy atom. The van der Waals surface area contributed by atoms with Crippen LogP contribution in [0.1, 0.15) is 99.3 Å². The Balaban J connectivity index is 1.64. The summed E-state index contributed by atoms with van der Waals surface area (Å²) in [5, 5.41) is 9.88. The summed E-state index contributed by atoms with van der Waals surface area (Å²) in [7, 11) is 0. The number of hydrogen-bond acceptors (Lipinski definition) is 6. The van der Waals surface area contributed by atoms with Crippen molar-refractivity contribution in [2.24, 2.45) is 0 Å². The van der Waals surface area contributed by atoms with Crippen LogP contribution in [-0.4, -0.2) is 48.3 Å². The van der Waals surface area contributed by atoms with Crippen LogP contribution in [0.5, 0.6) is 5.75 Å². The average molecular weight is 629 g/mol. The first kappa shape index (κ1) is 36.4. The van der Waals surface area contributed by atoms with Crippen molar-refractivity contribution >= 4 is 17.7 Å². The molecule has 0 bridgehead atoms. The summed E-state index contributed by atoms with van der Waals surface area (Å²) in [6.45, 7) is 10.4. The van der Waals surface area contributed by atoms with E-state index in [-0.39, 0.29) is 11.3 Å². The second-order valence-corrected chi connectivity index (χ2v) is 11.5. The van der Waals surface area contributed by atoms with Gasteiger partial charge in [0.25, 0.3) is 0 Å². The maximum Gasteiger partial charge on any atom is 0.340 e. The molecule has 0 fully saturated rings. The molecule has 1 N–H and O–H groups in total.